The van der Waals surface area contributed by atoms with Gasteiger partial charge in [-0.15, -0.1) is 0 Å². The van der Waals surface area contributed by atoms with Gasteiger partial charge in [-0.3, -0.25) is 0 Å². The van der Waals surface area contributed by atoms with Crippen molar-refractivity contribution in [3.05, 3.63) is 45.0 Å². The Hall–Kier alpha value is -1.04. The van der Waals surface area contributed by atoms with Crippen LogP contribution in [0.5, 0.6) is 0 Å². The number of halogens is 1. The molecule has 1 atom stereocenters. The molecule has 124 valence electrons. The zero-order valence-corrected chi connectivity index (χ0v) is 15.3. The summed E-state index contributed by atoms with van der Waals surface area (Å²) in [5.41, 5.74) is 1.99. The summed E-state index contributed by atoms with van der Waals surface area (Å²) in [6.07, 6.45) is 0.623. The minimum atomic E-state index is -0.795. The summed E-state index contributed by atoms with van der Waals surface area (Å²) in [7, 11) is 2.00. The van der Waals surface area contributed by atoms with Crippen LogP contribution in [0.3, 0.4) is 0 Å². The van der Waals surface area contributed by atoms with Crippen molar-refractivity contribution in [1.82, 2.24) is 9.80 Å². The number of morpholine rings is 1. The Morgan fingerprint density at radius 3 is 2.61 bits per heavy atom. The Morgan fingerprint density at radius 1 is 1.35 bits per heavy atom. The van der Waals surface area contributed by atoms with Gasteiger partial charge in [-0.1, -0.05) is 0 Å². The van der Waals surface area contributed by atoms with Crippen molar-refractivity contribution >= 4 is 32.5 Å². The van der Waals surface area contributed by atoms with Crippen LogP contribution in [0.4, 0.5) is 0 Å². The standard InChI is InChI=1S/C16H19ClN2O3Se/c1-18-13(10-11-2-4-12(17)5-3-11)14(15(20)21)23-16(18)19-6-8-22-9-7-19/h2-5,16H,6-10H2,1H3,(H,20,21). The van der Waals surface area contributed by atoms with Gasteiger partial charge >= 0.3 is 147 Å². The molecule has 0 aromatic heterocycles. The number of carboxylic acids is 1. The van der Waals surface area contributed by atoms with Gasteiger partial charge in [-0.2, -0.15) is 0 Å². The second-order valence-corrected chi connectivity index (χ2v) is 8.26. The Bertz CT molecular complexity index is 614. The van der Waals surface area contributed by atoms with E-state index in [9.17, 15) is 9.90 Å². The second kappa shape index (κ2) is 7.24. The molecule has 2 heterocycles. The summed E-state index contributed by atoms with van der Waals surface area (Å²) in [5, 5.41) is 10.5. The number of ether oxygens (including phenoxy) is 1. The molecule has 1 N–H and O–H groups in total. The summed E-state index contributed by atoms with van der Waals surface area (Å²) in [6.45, 7) is 3.15. The summed E-state index contributed by atoms with van der Waals surface area (Å²) in [4.78, 5) is 16.2. The van der Waals surface area contributed by atoms with E-state index in [0.29, 0.717) is 15.9 Å². The molecule has 0 amide bonds. The van der Waals surface area contributed by atoms with Gasteiger partial charge in [-0.25, -0.2) is 0 Å². The maximum atomic E-state index is 11.7. The Kier molecular flexibility index (Phi) is 5.29. The van der Waals surface area contributed by atoms with Gasteiger partial charge in [0.15, 0.2) is 0 Å². The molecule has 7 heteroatoms. The van der Waals surface area contributed by atoms with E-state index in [4.69, 9.17) is 16.3 Å². The number of allylic oxidation sites excluding steroid dienone is 1. The van der Waals surface area contributed by atoms with Gasteiger partial charge in [0.25, 0.3) is 0 Å². The SMILES string of the molecule is CN1C(Cc2ccc(Cl)cc2)=C(C(=O)O)[Se]C1N1CCOCC1. The predicted molar refractivity (Wildman–Crippen MR) is 89.5 cm³/mol. The molecule has 0 aliphatic carbocycles. The zero-order valence-electron chi connectivity index (χ0n) is 12.9. The van der Waals surface area contributed by atoms with Gasteiger partial charge < -0.3 is 0 Å². The van der Waals surface area contributed by atoms with Gasteiger partial charge in [0.1, 0.15) is 0 Å². The third-order valence-corrected chi connectivity index (χ3v) is 7.42. The van der Waals surface area contributed by atoms with Crippen molar-refractivity contribution in [1.29, 1.82) is 0 Å². The van der Waals surface area contributed by atoms with Crippen LogP contribution in [0.15, 0.2) is 34.4 Å². The van der Waals surface area contributed by atoms with Crippen molar-refractivity contribution in [2.75, 3.05) is 33.4 Å². The molecule has 1 saturated heterocycles. The summed E-state index contributed by atoms with van der Waals surface area (Å²) in [6, 6.07) is 7.60. The first kappa shape index (κ1) is 16.8. The van der Waals surface area contributed by atoms with Crippen LogP contribution < -0.4 is 0 Å². The van der Waals surface area contributed by atoms with Gasteiger partial charge in [-0.05, 0) is 0 Å². The quantitative estimate of drug-likeness (QED) is 0.774. The predicted octanol–water partition coefficient (Wildman–Crippen LogP) is 1.44. The van der Waals surface area contributed by atoms with E-state index >= 15 is 0 Å². The van der Waals surface area contributed by atoms with E-state index in [-0.39, 0.29) is 20.0 Å². The first-order valence-electron chi connectivity index (χ1n) is 7.48. The van der Waals surface area contributed by atoms with Crippen LogP contribution >= 0.6 is 11.6 Å². The van der Waals surface area contributed by atoms with Crippen LogP contribution in [-0.4, -0.2) is 74.2 Å². The van der Waals surface area contributed by atoms with Crippen molar-refractivity contribution in [2.24, 2.45) is 0 Å². The Balaban J connectivity index is 1.81. The van der Waals surface area contributed by atoms with Crippen LogP contribution in [0, 0.1) is 0 Å². The monoisotopic (exact) mass is 402 g/mol. The number of rotatable bonds is 4. The maximum absolute atomic E-state index is 11.7. The summed E-state index contributed by atoms with van der Waals surface area (Å²) >= 11 is 5.83. The molecular formula is C16H19ClN2O3Se. The van der Waals surface area contributed by atoms with Gasteiger partial charge in [0.2, 0.25) is 0 Å². The van der Waals surface area contributed by atoms with Gasteiger partial charge in [0, 0.05) is 0 Å². The molecule has 0 radical (unpaired) electrons. The normalized spacial score (nSPS) is 22.7. The third-order valence-electron chi connectivity index (χ3n) is 4.08. The van der Waals surface area contributed by atoms with E-state index in [1.807, 2.05) is 31.3 Å². The van der Waals surface area contributed by atoms with Crippen molar-refractivity contribution < 1.29 is 14.6 Å². The number of aliphatic carboxylic acids is 1. The molecule has 2 aliphatic rings. The molecule has 3 rings (SSSR count). The third kappa shape index (κ3) is 3.73. The van der Waals surface area contributed by atoms with Crippen molar-refractivity contribution in [3.8, 4) is 0 Å². The Morgan fingerprint density at radius 2 is 2.00 bits per heavy atom. The van der Waals surface area contributed by atoms with Crippen molar-refractivity contribution in [2.45, 2.75) is 11.5 Å². The molecule has 0 spiro atoms. The number of carboxylic acid groups (broad SMARTS) is 1. The zero-order chi connectivity index (χ0) is 16.4. The van der Waals surface area contributed by atoms with E-state index in [0.717, 1.165) is 37.6 Å². The number of hydrogen-bond acceptors (Lipinski definition) is 4. The Labute approximate surface area is 147 Å². The number of carbonyl (C=O) groups is 1. The number of likely N-dealkylation sites (N-methyl/N-ethyl adjacent to an activating group) is 1. The first-order chi connectivity index (χ1) is 11.1. The van der Waals surface area contributed by atoms with Gasteiger partial charge in [0.05, 0.1) is 0 Å². The molecular weight excluding hydrogens is 383 g/mol. The average molecular weight is 402 g/mol. The van der Waals surface area contributed by atoms with Crippen LogP contribution in [-0.2, 0) is 16.0 Å². The molecule has 1 aromatic carbocycles. The van der Waals surface area contributed by atoms with Crippen molar-refractivity contribution in [3.63, 3.8) is 0 Å². The molecule has 1 aromatic rings. The fourth-order valence-corrected chi connectivity index (χ4v) is 5.71. The van der Waals surface area contributed by atoms with E-state index in [2.05, 4.69) is 9.80 Å². The van der Waals surface area contributed by atoms with Crippen LogP contribution in [0.25, 0.3) is 0 Å². The number of hydrogen-bond donors (Lipinski definition) is 1. The molecule has 0 bridgehead atoms. The first-order valence-corrected chi connectivity index (χ1v) is 9.71. The topological polar surface area (TPSA) is 53.0 Å². The molecule has 23 heavy (non-hydrogen) atoms. The fourth-order valence-electron chi connectivity index (χ4n) is 2.84. The number of nitrogens with zero attached hydrogens (tertiary/aromatic N) is 2. The fraction of sp³-hybridized carbons (Fsp3) is 0.438. The van der Waals surface area contributed by atoms with E-state index in [1.54, 1.807) is 0 Å². The van der Waals surface area contributed by atoms with E-state index < -0.39 is 5.97 Å². The molecule has 5 nitrogen and oxygen atoms in total. The average Bonchev–Trinajstić information content (AvgIpc) is 2.88. The molecule has 1 unspecified atom stereocenters. The van der Waals surface area contributed by atoms with Crippen LogP contribution in [0.2, 0.25) is 5.02 Å². The number of benzene rings is 1. The summed E-state index contributed by atoms with van der Waals surface area (Å²) in [5.74, 6) is -0.795. The minimum absolute atomic E-state index is 0.0975. The molecule has 1 fully saturated rings. The second-order valence-electron chi connectivity index (χ2n) is 5.59. The molecule has 0 saturated carbocycles. The van der Waals surface area contributed by atoms with E-state index in [1.165, 1.54) is 0 Å². The summed E-state index contributed by atoms with van der Waals surface area (Å²) < 4.78 is 5.98. The molecule has 2 aliphatic heterocycles. The van der Waals surface area contributed by atoms with Crippen LogP contribution in [0.1, 0.15) is 5.56 Å².